The first-order chi connectivity index (χ1) is 15.2. The Bertz CT molecular complexity index is 1190. The van der Waals surface area contributed by atoms with E-state index in [0.29, 0.717) is 36.6 Å². The average Bonchev–Trinajstić information content (AvgIpc) is 3.17. The van der Waals surface area contributed by atoms with Gasteiger partial charge in [-0.25, -0.2) is 9.78 Å². The number of fused-ring (bicyclic) bond motifs is 1. The summed E-state index contributed by atoms with van der Waals surface area (Å²) in [6, 6.07) is 5.82. The summed E-state index contributed by atoms with van der Waals surface area (Å²) >= 11 is 0. The molecule has 32 heavy (non-hydrogen) atoms. The van der Waals surface area contributed by atoms with Crippen LogP contribution in [0, 0.1) is 19.8 Å². The number of aliphatic hydroxyl groups excluding tert-OH is 1. The van der Waals surface area contributed by atoms with Crippen molar-refractivity contribution in [2.75, 3.05) is 20.3 Å². The number of methoxy groups -OCH3 is 1. The minimum Gasteiger partial charge on any atom is -0.491 e. The van der Waals surface area contributed by atoms with Gasteiger partial charge in [0, 0.05) is 20.2 Å². The minimum absolute atomic E-state index is 0.0403. The molecule has 1 N–H and O–H groups in total. The molecule has 9 heteroatoms. The van der Waals surface area contributed by atoms with Crippen molar-refractivity contribution in [1.29, 1.82) is 0 Å². The molecule has 0 fully saturated rings. The Morgan fingerprint density at radius 2 is 1.88 bits per heavy atom. The zero-order valence-corrected chi connectivity index (χ0v) is 19.4. The lowest BCUT2D eigenvalue weighted by molar-refractivity contribution is 0.0897. The lowest BCUT2D eigenvalue weighted by Crippen LogP contribution is -2.44. The van der Waals surface area contributed by atoms with Gasteiger partial charge in [0.1, 0.15) is 18.5 Å². The fraction of sp³-hybridized carbons (Fsp3) is 0.522. The van der Waals surface area contributed by atoms with E-state index >= 15 is 0 Å². The number of hydrogen-bond acceptors (Lipinski definition) is 6. The maximum absolute atomic E-state index is 13.2. The van der Waals surface area contributed by atoms with Crippen molar-refractivity contribution in [2.24, 2.45) is 5.92 Å². The van der Waals surface area contributed by atoms with E-state index in [4.69, 9.17) is 9.47 Å². The Balaban J connectivity index is 1.94. The molecule has 0 aliphatic carbocycles. The van der Waals surface area contributed by atoms with Crippen LogP contribution in [-0.4, -0.2) is 50.2 Å². The summed E-state index contributed by atoms with van der Waals surface area (Å²) in [5.74, 6) is 0.838. The summed E-state index contributed by atoms with van der Waals surface area (Å²) in [5.41, 5.74) is 1.70. The van der Waals surface area contributed by atoms with E-state index in [1.807, 2.05) is 45.9 Å². The molecule has 174 valence electrons. The fourth-order valence-electron chi connectivity index (χ4n) is 3.60. The van der Waals surface area contributed by atoms with Crippen LogP contribution in [0.3, 0.4) is 0 Å². The molecule has 0 aliphatic heterocycles. The molecule has 0 aliphatic rings. The van der Waals surface area contributed by atoms with Crippen molar-refractivity contribution in [3.63, 3.8) is 0 Å². The van der Waals surface area contributed by atoms with Crippen LogP contribution in [0.25, 0.3) is 11.2 Å². The predicted octanol–water partition coefficient (Wildman–Crippen LogP) is 1.72. The van der Waals surface area contributed by atoms with Gasteiger partial charge < -0.3 is 19.1 Å². The van der Waals surface area contributed by atoms with Gasteiger partial charge in [0.15, 0.2) is 11.2 Å². The van der Waals surface area contributed by atoms with Crippen LogP contribution in [0.4, 0.5) is 0 Å². The van der Waals surface area contributed by atoms with Crippen LogP contribution in [0.2, 0.25) is 0 Å². The number of hydrogen-bond donors (Lipinski definition) is 1. The third kappa shape index (κ3) is 5.11. The van der Waals surface area contributed by atoms with E-state index in [2.05, 4.69) is 4.98 Å². The number of aromatic nitrogens is 4. The molecular weight excluding hydrogens is 412 g/mol. The number of aliphatic hydroxyl groups is 1. The molecule has 3 rings (SSSR count). The maximum atomic E-state index is 13.2. The van der Waals surface area contributed by atoms with Crippen molar-refractivity contribution in [3.8, 4) is 5.75 Å². The van der Waals surface area contributed by atoms with E-state index < -0.39 is 17.4 Å². The van der Waals surface area contributed by atoms with Gasteiger partial charge in [-0.3, -0.25) is 13.9 Å². The number of aryl methyl sites for hydroxylation is 2. The highest BCUT2D eigenvalue weighted by Crippen LogP contribution is 2.19. The van der Waals surface area contributed by atoms with E-state index in [-0.39, 0.29) is 19.1 Å². The van der Waals surface area contributed by atoms with E-state index in [1.54, 1.807) is 18.0 Å². The van der Waals surface area contributed by atoms with Crippen LogP contribution >= 0.6 is 0 Å². The summed E-state index contributed by atoms with van der Waals surface area (Å²) in [4.78, 5) is 30.7. The second-order valence-corrected chi connectivity index (χ2v) is 8.54. The molecule has 2 aromatic heterocycles. The number of benzene rings is 1. The number of imidazole rings is 1. The van der Waals surface area contributed by atoms with Crippen LogP contribution in [0.15, 0.2) is 34.1 Å². The van der Waals surface area contributed by atoms with Gasteiger partial charge in [-0.15, -0.1) is 0 Å². The first-order valence-corrected chi connectivity index (χ1v) is 10.8. The first kappa shape index (κ1) is 23.7. The van der Waals surface area contributed by atoms with E-state index in [0.717, 1.165) is 15.7 Å². The molecule has 1 atom stereocenters. The smallest absolute Gasteiger partial charge is 0.332 e. The number of rotatable bonds is 10. The zero-order chi connectivity index (χ0) is 23.4. The molecule has 2 heterocycles. The third-order valence-corrected chi connectivity index (χ3v) is 5.24. The summed E-state index contributed by atoms with van der Waals surface area (Å²) in [7, 11) is 1.58. The lowest BCUT2D eigenvalue weighted by Gasteiger charge is -2.17. The second kappa shape index (κ2) is 10.1. The van der Waals surface area contributed by atoms with Gasteiger partial charge in [-0.2, -0.15) is 0 Å². The van der Waals surface area contributed by atoms with Crippen LogP contribution in [-0.2, 0) is 24.4 Å². The van der Waals surface area contributed by atoms with Crippen molar-refractivity contribution in [1.82, 2.24) is 18.7 Å². The molecule has 0 radical (unpaired) electrons. The van der Waals surface area contributed by atoms with Crippen molar-refractivity contribution < 1.29 is 14.6 Å². The molecule has 0 amide bonds. The molecule has 0 saturated heterocycles. The Labute approximate surface area is 186 Å². The average molecular weight is 445 g/mol. The zero-order valence-electron chi connectivity index (χ0n) is 19.4. The summed E-state index contributed by atoms with van der Waals surface area (Å²) < 4.78 is 15.2. The van der Waals surface area contributed by atoms with Crippen molar-refractivity contribution >= 4 is 11.2 Å². The van der Waals surface area contributed by atoms with E-state index in [1.165, 1.54) is 4.57 Å². The van der Waals surface area contributed by atoms with Gasteiger partial charge in [0.05, 0.1) is 19.5 Å². The van der Waals surface area contributed by atoms with Crippen LogP contribution in [0.5, 0.6) is 5.75 Å². The third-order valence-electron chi connectivity index (χ3n) is 5.24. The molecule has 0 saturated carbocycles. The molecule has 3 aromatic rings. The quantitative estimate of drug-likeness (QED) is 0.511. The summed E-state index contributed by atoms with van der Waals surface area (Å²) in [5, 5.41) is 10.6. The molecule has 0 bridgehead atoms. The summed E-state index contributed by atoms with van der Waals surface area (Å²) in [6.07, 6.45) is 0.506. The first-order valence-electron chi connectivity index (χ1n) is 10.8. The highest BCUT2D eigenvalue weighted by Gasteiger charge is 2.20. The van der Waals surface area contributed by atoms with Gasteiger partial charge in [0.25, 0.3) is 5.56 Å². The second-order valence-electron chi connectivity index (χ2n) is 8.54. The van der Waals surface area contributed by atoms with Gasteiger partial charge in [0.2, 0.25) is 0 Å². The monoisotopic (exact) mass is 444 g/mol. The van der Waals surface area contributed by atoms with E-state index in [9.17, 15) is 14.7 Å². The molecular formula is C23H32N4O5. The van der Waals surface area contributed by atoms with Crippen LogP contribution < -0.4 is 16.0 Å². The fourth-order valence-corrected chi connectivity index (χ4v) is 3.60. The SMILES string of the molecule is COCCn1cnc2c1c(=O)n(C[C@@H](O)COc1cc(C)ccc1C)c(=O)n2CC(C)C. The summed E-state index contributed by atoms with van der Waals surface area (Å²) in [6.45, 7) is 8.89. The lowest BCUT2D eigenvalue weighted by atomic mass is 10.1. The van der Waals surface area contributed by atoms with Gasteiger partial charge >= 0.3 is 5.69 Å². The predicted molar refractivity (Wildman–Crippen MR) is 122 cm³/mol. The van der Waals surface area contributed by atoms with Gasteiger partial charge in [-0.05, 0) is 37.0 Å². The molecule has 1 aromatic carbocycles. The number of nitrogens with zero attached hydrogens (tertiary/aromatic N) is 4. The Hall–Kier alpha value is -2.91. The number of ether oxygens (including phenoxy) is 2. The highest BCUT2D eigenvalue weighted by atomic mass is 16.5. The standard InChI is InChI=1S/C23H32N4O5/c1-15(2)11-26-21-20(25(14-24-21)8-9-31-5)22(29)27(23(26)30)12-18(28)13-32-19-10-16(3)6-7-17(19)4/h6-7,10,14-15,18,28H,8-9,11-13H2,1-5H3/t18-/m1/s1. The minimum atomic E-state index is -1.04. The van der Waals surface area contributed by atoms with Crippen molar-refractivity contribution in [3.05, 3.63) is 56.5 Å². The van der Waals surface area contributed by atoms with Crippen molar-refractivity contribution in [2.45, 2.75) is 53.4 Å². The maximum Gasteiger partial charge on any atom is 0.332 e. The van der Waals surface area contributed by atoms with Gasteiger partial charge in [-0.1, -0.05) is 26.0 Å². The largest absolute Gasteiger partial charge is 0.491 e. The normalized spacial score (nSPS) is 12.6. The topological polar surface area (TPSA) is 101 Å². The highest BCUT2D eigenvalue weighted by molar-refractivity contribution is 5.70. The molecule has 0 spiro atoms. The Morgan fingerprint density at radius 1 is 1.12 bits per heavy atom. The molecule has 0 unspecified atom stereocenters. The Morgan fingerprint density at radius 3 is 2.56 bits per heavy atom. The Kier molecular flexibility index (Phi) is 7.52. The molecule has 9 nitrogen and oxygen atoms in total. The van der Waals surface area contributed by atoms with Crippen LogP contribution in [0.1, 0.15) is 25.0 Å².